The molecule has 0 saturated heterocycles. The lowest BCUT2D eigenvalue weighted by molar-refractivity contribution is 0.595. The molecule has 0 amide bonds. The van der Waals surface area contributed by atoms with Crippen molar-refractivity contribution < 1.29 is 8.42 Å². The first-order valence-electron chi connectivity index (χ1n) is 6.67. The summed E-state index contributed by atoms with van der Waals surface area (Å²) in [6, 6.07) is 12.3. The Balaban J connectivity index is 2.34. The Kier molecular flexibility index (Phi) is 4.74. The number of hydrogen-bond acceptors (Lipinski definition) is 3. The Morgan fingerprint density at radius 2 is 1.71 bits per heavy atom. The molecule has 0 aliphatic heterocycles. The van der Waals surface area contributed by atoms with Crippen LogP contribution in [0, 0.1) is 0 Å². The van der Waals surface area contributed by atoms with E-state index in [1.54, 1.807) is 30.3 Å². The van der Waals surface area contributed by atoms with E-state index < -0.39 is 9.84 Å². The molecule has 0 fully saturated rings. The Morgan fingerprint density at radius 3 is 2.24 bits per heavy atom. The van der Waals surface area contributed by atoms with Crippen molar-refractivity contribution in [1.82, 2.24) is 0 Å². The summed E-state index contributed by atoms with van der Waals surface area (Å²) in [6.07, 6.45) is 0. The zero-order valence-electron chi connectivity index (χ0n) is 12.0. The molecular weight excluding hydrogens is 350 g/mol. The monoisotopic (exact) mass is 367 g/mol. The van der Waals surface area contributed by atoms with E-state index in [4.69, 9.17) is 5.73 Å². The van der Waals surface area contributed by atoms with Gasteiger partial charge in [-0.15, -0.1) is 0 Å². The van der Waals surface area contributed by atoms with Crippen molar-refractivity contribution in [2.75, 3.05) is 5.73 Å². The third kappa shape index (κ3) is 3.66. The van der Waals surface area contributed by atoms with Crippen molar-refractivity contribution in [3.8, 4) is 0 Å². The fraction of sp³-hybridized carbons (Fsp3) is 0.250. The highest BCUT2D eigenvalue weighted by atomic mass is 79.9. The summed E-state index contributed by atoms with van der Waals surface area (Å²) in [7, 11) is -3.41. The number of rotatable bonds is 4. The highest BCUT2D eigenvalue weighted by Crippen LogP contribution is 2.27. The second-order valence-corrected chi connectivity index (χ2v) is 8.13. The highest BCUT2D eigenvalue weighted by molar-refractivity contribution is 9.10. The van der Waals surface area contributed by atoms with Gasteiger partial charge in [0.2, 0.25) is 0 Å². The maximum Gasteiger partial charge on any atom is 0.182 e. The molecule has 112 valence electrons. The van der Waals surface area contributed by atoms with Crippen molar-refractivity contribution >= 4 is 31.5 Å². The molecule has 2 aromatic carbocycles. The van der Waals surface area contributed by atoms with Gasteiger partial charge in [-0.05, 0) is 35.7 Å². The van der Waals surface area contributed by atoms with Crippen LogP contribution >= 0.6 is 15.9 Å². The van der Waals surface area contributed by atoms with Crippen molar-refractivity contribution in [1.29, 1.82) is 0 Å². The highest BCUT2D eigenvalue weighted by Gasteiger charge is 2.18. The first-order chi connectivity index (χ1) is 9.81. The number of benzene rings is 2. The van der Waals surface area contributed by atoms with Crippen molar-refractivity contribution in [3.63, 3.8) is 0 Å². The number of halogens is 1. The average Bonchev–Trinajstić information content (AvgIpc) is 2.43. The molecule has 0 heterocycles. The largest absolute Gasteiger partial charge is 0.398 e. The molecule has 2 N–H and O–H groups in total. The maximum absolute atomic E-state index is 12.5. The fourth-order valence-corrected chi connectivity index (χ4v) is 4.19. The van der Waals surface area contributed by atoms with Crippen LogP contribution in [0.2, 0.25) is 0 Å². The van der Waals surface area contributed by atoms with Crippen LogP contribution in [0.4, 0.5) is 5.69 Å². The second kappa shape index (κ2) is 6.20. The van der Waals surface area contributed by atoms with Gasteiger partial charge in [0, 0.05) is 15.7 Å². The van der Waals surface area contributed by atoms with E-state index in [1.807, 2.05) is 12.1 Å². The van der Waals surface area contributed by atoms with E-state index in [2.05, 4.69) is 29.8 Å². The summed E-state index contributed by atoms with van der Waals surface area (Å²) in [6.45, 7) is 4.15. The maximum atomic E-state index is 12.5. The van der Waals surface area contributed by atoms with Gasteiger partial charge in [0.05, 0.1) is 10.6 Å². The molecule has 0 unspecified atom stereocenters. The topological polar surface area (TPSA) is 60.2 Å². The van der Waals surface area contributed by atoms with Crippen LogP contribution in [0.5, 0.6) is 0 Å². The number of nitrogens with two attached hydrogens (primary N) is 1. The van der Waals surface area contributed by atoms with E-state index in [-0.39, 0.29) is 5.75 Å². The molecule has 0 aliphatic rings. The van der Waals surface area contributed by atoms with Crippen molar-refractivity contribution in [2.45, 2.75) is 30.4 Å². The molecule has 0 bridgehead atoms. The van der Waals surface area contributed by atoms with Crippen LogP contribution in [0.25, 0.3) is 0 Å². The first kappa shape index (κ1) is 16.0. The number of nitrogen functional groups attached to an aromatic ring is 1. The lowest BCUT2D eigenvalue weighted by atomic mass is 10.0. The molecule has 0 spiro atoms. The SMILES string of the molecule is CC(C)c1ccc(S(=O)(=O)Cc2c(N)cccc2Br)cc1. The Morgan fingerprint density at radius 1 is 1.10 bits per heavy atom. The standard InChI is InChI=1S/C16H18BrNO2S/c1-11(2)12-6-8-13(9-7-12)21(19,20)10-14-15(17)4-3-5-16(14)18/h3-9,11H,10,18H2,1-2H3. The predicted molar refractivity (Wildman–Crippen MR) is 90.0 cm³/mol. The molecule has 3 nitrogen and oxygen atoms in total. The molecule has 2 rings (SSSR count). The van der Waals surface area contributed by atoms with Gasteiger partial charge >= 0.3 is 0 Å². The second-order valence-electron chi connectivity index (χ2n) is 5.29. The summed E-state index contributed by atoms with van der Waals surface area (Å²) in [5.41, 5.74) is 8.08. The van der Waals surface area contributed by atoms with Gasteiger partial charge in [-0.25, -0.2) is 8.42 Å². The molecular formula is C16H18BrNO2S. The van der Waals surface area contributed by atoms with Crippen LogP contribution in [0.1, 0.15) is 30.9 Å². The molecule has 5 heteroatoms. The lowest BCUT2D eigenvalue weighted by Crippen LogP contribution is -2.08. The van der Waals surface area contributed by atoms with Gasteiger partial charge in [-0.2, -0.15) is 0 Å². The minimum Gasteiger partial charge on any atom is -0.398 e. The minimum atomic E-state index is -3.41. The smallest absolute Gasteiger partial charge is 0.182 e. The molecule has 0 aromatic heterocycles. The van der Waals surface area contributed by atoms with Crippen LogP contribution < -0.4 is 5.73 Å². The van der Waals surface area contributed by atoms with Gasteiger partial charge in [-0.1, -0.05) is 48.0 Å². The number of sulfone groups is 1. The van der Waals surface area contributed by atoms with E-state index in [0.717, 1.165) is 5.56 Å². The van der Waals surface area contributed by atoms with Gasteiger partial charge in [0.15, 0.2) is 9.84 Å². The molecule has 0 radical (unpaired) electrons. The Bertz CT molecular complexity index is 717. The van der Waals surface area contributed by atoms with Gasteiger partial charge in [-0.3, -0.25) is 0 Å². The number of anilines is 1. The summed E-state index contributed by atoms with van der Waals surface area (Å²) in [5, 5.41) is 0. The summed E-state index contributed by atoms with van der Waals surface area (Å²) >= 11 is 3.36. The van der Waals surface area contributed by atoms with Crippen LogP contribution in [-0.2, 0) is 15.6 Å². The van der Waals surface area contributed by atoms with Crippen LogP contribution in [0.3, 0.4) is 0 Å². The summed E-state index contributed by atoms with van der Waals surface area (Å²) in [5.74, 6) is 0.266. The van der Waals surface area contributed by atoms with E-state index in [9.17, 15) is 8.42 Å². The van der Waals surface area contributed by atoms with E-state index in [1.165, 1.54) is 0 Å². The van der Waals surface area contributed by atoms with Crippen molar-refractivity contribution in [2.24, 2.45) is 0 Å². The summed E-state index contributed by atoms with van der Waals surface area (Å²) in [4.78, 5) is 0.321. The van der Waals surface area contributed by atoms with Crippen molar-refractivity contribution in [3.05, 3.63) is 58.1 Å². The van der Waals surface area contributed by atoms with Gasteiger partial charge < -0.3 is 5.73 Å². The van der Waals surface area contributed by atoms with E-state index in [0.29, 0.717) is 26.5 Å². The number of hydrogen-bond donors (Lipinski definition) is 1. The molecule has 0 atom stereocenters. The zero-order valence-corrected chi connectivity index (χ0v) is 14.4. The molecule has 0 aliphatic carbocycles. The molecule has 2 aromatic rings. The first-order valence-corrected chi connectivity index (χ1v) is 9.11. The minimum absolute atomic E-state index is 0.110. The van der Waals surface area contributed by atoms with Gasteiger partial charge in [0.1, 0.15) is 0 Å². The molecule has 0 saturated carbocycles. The van der Waals surface area contributed by atoms with Crippen LogP contribution in [-0.4, -0.2) is 8.42 Å². The third-order valence-electron chi connectivity index (χ3n) is 3.40. The Hall–Kier alpha value is -1.33. The Labute approximate surface area is 134 Å². The van der Waals surface area contributed by atoms with Crippen LogP contribution in [0.15, 0.2) is 51.8 Å². The normalized spacial score (nSPS) is 11.8. The third-order valence-corrected chi connectivity index (χ3v) is 5.80. The lowest BCUT2D eigenvalue weighted by Gasteiger charge is -2.11. The molecule has 21 heavy (non-hydrogen) atoms. The predicted octanol–water partition coefficient (Wildman–Crippen LogP) is 4.13. The quantitative estimate of drug-likeness (QED) is 0.826. The summed E-state index contributed by atoms with van der Waals surface area (Å²) < 4.78 is 25.7. The average molecular weight is 368 g/mol. The fourth-order valence-electron chi connectivity index (χ4n) is 2.06. The van der Waals surface area contributed by atoms with E-state index >= 15 is 0 Å². The zero-order chi connectivity index (χ0) is 15.6. The van der Waals surface area contributed by atoms with Gasteiger partial charge in [0.25, 0.3) is 0 Å².